The number of anilines is 1. The molecule has 0 unspecified atom stereocenters. The third kappa shape index (κ3) is 3.32. The zero-order valence-corrected chi connectivity index (χ0v) is 11.7. The highest BCUT2D eigenvalue weighted by Gasteiger charge is 2.11. The van der Waals surface area contributed by atoms with Gasteiger partial charge in [-0.25, -0.2) is 4.98 Å². The van der Waals surface area contributed by atoms with Crippen LogP contribution in [0.5, 0.6) is 0 Å². The summed E-state index contributed by atoms with van der Waals surface area (Å²) in [5, 5.41) is 3.32. The summed E-state index contributed by atoms with van der Waals surface area (Å²) in [5.74, 6) is 0.355. The topological polar surface area (TPSA) is 42.0 Å². The molecule has 3 nitrogen and oxygen atoms in total. The van der Waals surface area contributed by atoms with E-state index in [1.165, 1.54) is 6.20 Å². The van der Waals surface area contributed by atoms with Crippen molar-refractivity contribution in [1.82, 2.24) is 4.98 Å². The van der Waals surface area contributed by atoms with Gasteiger partial charge in [0.15, 0.2) is 0 Å². The van der Waals surface area contributed by atoms with Gasteiger partial charge in [0.2, 0.25) is 0 Å². The molecule has 4 heteroatoms. The van der Waals surface area contributed by atoms with Gasteiger partial charge in [-0.05, 0) is 37.1 Å². The van der Waals surface area contributed by atoms with Crippen LogP contribution in [0, 0.1) is 6.92 Å². The lowest BCUT2D eigenvalue weighted by Gasteiger charge is -2.09. The molecule has 0 radical (unpaired) electrons. The van der Waals surface area contributed by atoms with Crippen LogP contribution < -0.4 is 5.32 Å². The summed E-state index contributed by atoms with van der Waals surface area (Å²) in [6.45, 7) is 4.00. The maximum Gasteiger partial charge on any atom is 0.257 e. The highest BCUT2D eigenvalue weighted by atomic mass is 35.5. The van der Waals surface area contributed by atoms with Gasteiger partial charge in [-0.15, -0.1) is 0 Å². The summed E-state index contributed by atoms with van der Waals surface area (Å²) in [7, 11) is 0. The van der Waals surface area contributed by atoms with Crippen LogP contribution >= 0.6 is 11.6 Å². The Labute approximate surface area is 117 Å². The summed E-state index contributed by atoms with van der Waals surface area (Å²) < 4.78 is 0. The number of rotatable bonds is 3. The van der Waals surface area contributed by atoms with Crippen LogP contribution in [0.25, 0.3) is 0 Å². The summed E-state index contributed by atoms with van der Waals surface area (Å²) in [5.41, 5.74) is 2.78. The van der Waals surface area contributed by atoms with Gasteiger partial charge in [0.1, 0.15) is 5.82 Å². The Bertz CT molecular complexity index is 594. The fourth-order valence-corrected chi connectivity index (χ4v) is 1.96. The number of halogens is 1. The predicted molar refractivity (Wildman–Crippen MR) is 77.8 cm³/mol. The van der Waals surface area contributed by atoms with Crippen LogP contribution in [0.3, 0.4) is 0 Å². The number of aromatic nitrogens is 1. The summed E-state index contributed by atoms with van der Waals surface area (Å²) in [4.78, 5) is 16.3. The van der Waals surface area contributed by atoms with E-state index in [9.17, 15) is 4.79 Å². The van der Waals surface area contributed by atoms with Gasteiger partial charge in [0.25, 0.3) is 5.91 Å². The van der Waals surface area contributed by atoms with Crippen LogP contribution in [0.4, 0.5) is 5.82 Å². The van der Waals surface area contributed by atoms with Crippen LogP contribution in [0.2, 0.25) is 5.02 Å². The van der Waals surface area contributed by atoms with Gasteiger partial charge in [-0.2, -0.15) is 0 Å². The SMILES string of the molecule is CCc1ccc(C)cc1C(=O)Nc1ccc(Cl)cn1. The van der Waals surface area contributed by atoms with E-state index in [0.717, 1.165) is 17.5 Å². The van der Waals surface area contributed by atoms with Crippen molar-refractivity contribution in [1.29, 1.82) is 0 Å². The molecule has 98 valence electrons. The molecule has 0 atom stereocenters. The molecule has 0 fully saturated rings. The van der Waals surface area contributed by atoms with E-state index < -0.39 is 0 Å². The van der Waals surface area contributed by atoms with Gasteiger partial charge in [-0.1, -0.05) is 36.2 Å². The minimum Gasteiger partial charge on any atom is -0.307 e. The predicted octanol–water partition coefficient (Wildman–Crippen LogP) is 3.86. The van der Waals surface area contributed by atoms with Crippen molar-refractivity contribution >= 4 is 23.3 Å². The molecule has 1 heterocycles. The van der Waals surface area contributed by atoms with E-state index >= 15 is 0 Å². The smallest absolute Gasteiger partial charge is 0.257 e. The fourth-order valence-electron chi connectivity index (χ4n) is 1.84. The highest BCUT2D eigenvalue weighted by Crippen LogP contribution is 2.15. The highest BCUT2D eigenvalue weighted by molar-refractivity contribution is 6.30. The summed E-state index contributed by atoms with van der Waals surface area (Å²) in [6.07, 6.45) is 2.32. The number of pyridine rings is 1. The molecule has 0 aliphatic rings. The Kier molecular flexibility index (Phi) is 4.17. The second-order valence-corrected chi connectivity index (χ2v) is 4.77. The van der Waals surface area contributed by atoms with Gasteiger partial charge < -0.3 is 5.32 Å². The third-order valence-corrected chi connectivity index (χ3v) is 3.08. The maximum atomic E-state index is 12.2. The molecule has 2 rings (SSSR count). The number of aryl methyl sites for hydroxylation is 2. The molecule has 1 N–H and O–H groups in total. The summed E-state index contributed by atoms with van der Waals surface area (Å²) >= 11 is 5.76. The molecule has 0 bridgehead atoms. The number of nitrogens with zero attached hydrogens (tertiary/aromatic N) is 1. The second-order valence-electron chi connectivity index (χ2n) is 4.33. The normalized spacial score (nSPS) is 10.3. The Balaban J connectivity index is 2.24. The third-order valence-electron chi connectivity index (χ3n) is 2.86. The molecule has 0 saturated carbocycles. The van der Waals surface area contributed by atoms with E-state index in [-0.39, 0.29) is 5.91 Å². The lowest BCUT2D eigenvalue weighted by atomic mass is 10.0. The number of hydrogen-bond acceptors (Lipinski definition) is 2. The molecule has 0 aliphatic heterocycles. The van der Waals surface area contributed by atoms with E-state index in [1.54, 1.807) is 12.1 Å². The van der Waals surface area contributed by atoms with Gasteiger partial charge in [0, 0.05) is 11.8 Å². The molecule has 1 aromatic carbocycles. The van der Waals surface area contributed by atoms with Crippen LogP contribution in [0.1, 0.15) is 28.4 Å². The zero-order valence-electron chi connectivity index (χ0n) is 10.9. The number of carbonyl (C=O) groups excluding carboxylic acids is 1. The van der Waals surface area contributed by atoms with Crippen molar-refractivity contribution in [2.75, 3.05) is 5.32 Å². The van der Waals surface area contributed by atoms with Gasteiger partial charge >= 0.3 is 0 Å². The minimum absolute atomic E-state index is 0.143. The van der Waals surface area contributed by atoms with Crippen molar-refractivity contribution in [3.05, 3.63) is 58.2 Å². The number of hydrogen-bond donors (Lipinski definition) is 1. The minimum atomic E-state index is -0.143. The molecule has 0 saturated heterocycles. The quantitative estimate of drug-likeness (QED) is 0.923. The standard InChI is InChI=1S/C15H15ClN2O/c1-3-11-5-4-10(2)8-13(11)15(19)18-14-7-6-12(16)9-17-14/h4-9H,3H2,1-2H3,(H,17,18,19). The van der Waals surface area contributed by atoms with Crippen molar-refractivity contribution in [2.24, 2.45) is 0 Å². The Morgan fingerprint density at radius 3 is 2.74 bits per heavy atom. The van der Waals surface area contributed by atoms with Crippen LogP contribution in [-0.4, -0.2) is 10.9 Å². The first-order chi connectivity index (χ1) is 9.10. The van der Waals surface area contributed by atoms with Crippen molar-refractivity contribution in [3.63, 3.8) is 0 Å². The molecule has 0 aliphatic carbocycles. The number of amides is 1. The molecular weight excluding hydrogens is 260 g/mol. The second kappa shape index (κ2) is 5.85. The fraction of sp³-hybridized carbons (Fsp3) is 0.200. The maximum absolute atomic E-state index is 12.2. The molecule has 2 aromatic rings. The van der Waals surface area contributed by atoms with Crippen molar-refractivity contribution < 1.29 is 4.79 Å². The largest absolute Gasteiger partial charge is 0.307 e. The first-order valence-electron chi connectivity index (χ1n) is 6.12. The Morgan fingerprint density at radius 1 is 1.32 bits per heavy atom. The van der Waals surface area contributed by atoms with Crippen molar-refractivity contribution in [2.45, 2.75) is 20.3 Å². The van der Waals surface area contributed by atoms with Crippen LogP contribution in [0.15, 0.2) is 36.5 Å². The molecule has 0 spiro atoms. The van der Waals surface area contributed by atoms with Gasteiger partial charge in [0.05, 0.1) is 5.02 Å². The molecule has 19 heavy (non-hydrogen) atoms. The number of benzene rings is 1. The molecule has 1 aromatic heterocycles. The van der Waals surface area contributed by atoms with E-state index in [0.29, 0.717) is 16.4 Å². The first kappa shape index (κ1) is 13.6. The lowest BCUT2D eigenvalue weighted by molar-refractivity contribution is 0.102. The lowest BCUT2D eigenvalue weighted by Crippen LogP contribution is -2.15. The average molecular weight is 275 g/mol. The summed E-state index contributed by atoms with van der Waals surface area (Å²) in [6, 6.07) is 9.27. The monoisotopic (exact) mass is 274 g/mol. The zero-order chi connectivity index (χ0) is 13.8. The van der Waals surface area contributed by atoms with E-state index in [1.807, 2.05) is 32.0 Å². The van der Waals surface area contributed by atoms with Crippen molar-refractivity contribution in [3.8, 4) is 0 Å². The molecule has 1 amide bonds. The number of carbonyl (C=O) groups is 1. The Morgan fingerprint density at radius 2 is 2.11 bits per heavy atom. The van der Waals surface area contributed by atoms with E-state index in [2.05, 4.69) is 10.3 Å². The Hall–Kier alpha value is -1.87. The first-order valence-corrected chi connectivity index (χ1v) is 6.50. The van der Waals surface area contributed by atoms with Gasteiger partial charge in [-0.3, -0.25) is 4.79 Å². The molecular formula is C15H15ClN2O. The van der Waals surface area contributed by atoms with Crippen LogP contribution in [-0.2, 0) is 6.42 Å². The van der Waals surface area contributed by atoms with E-state index in [4.69, 9.17) is 11.6 Å². The average Bonchev–Trinajstić information content (AvgIpc) is 2.41. The number of nitrogens with one attached hydrogen (secondary N) is 1.